The van der Waals surface area contributed by atoms with Crippen molar-refractivity contribution in [1.29, 1.82) is 0 Å². The monoisotopic (exact) mass is 272 g/mol. The Morgan fingerprint density at radius 2 is 1.80 bits per heavy atom. The number of anilines is 1. The zero-order valence-electron chi connectivity index (χ0n) is 12.9. The average molecular weight is 272 g/mol. The van der Waals surface area contributed by atoms with E-state index in [4.69, 9.17) is 0 Å². The van der Waals surface area contributed by atoms with Gasteiger partial charge in [-0.1, -0.05) is 38.5 Å². The van der Waals surface area contributed by atoms with Crippen molar-refractivity contribution in [2.24, 2.45) is 0 Å². The quantitative estimate of drug-likeness (QED) is 0.878. The molecule has 2 aliphatic heterocycles. The highest BCUT2D eigenvalue weighted by Gasteiger charge is 2.40. The van der Waals surface area contributed by atoms with E-state index < -0.39 is 0 Å². The van der Waals surface area contributed by atoms with Crippen molar-refractivity contribution in [3.63, 3.8) is 0 Å². The number of benzene rings is 1. The fourth-order valence-electron chi connectivity index (χ4n) is 4.27. The van der Waals surface area contributed by atoms with Crippen molar-refractivity contribution in [2.45, 2.75) is 70.5 Å². The van der Waals surface area contributed by atoms with E-state index in [9.17, 15) is 0 Å². The topological polar surface area (TPSA) is 15.3 Å². The smallest absolute Gasteiger partial charge is 0.0403 e. The molecule has 2 fully saturated rings. The highest BCUT2D eigenvalue weighted by molar-refractivity contribution is 5.57. The standard InChI is InChI=1S/C18H28N2/c1-3-7-14-8-5-6-9-18(14)20-16-10-11-17(20)13-15(12-16)19-4-2/h5-6,8-9,15-17,19H,3-4,7,10-13H2,1-2H3. The Morgan fingerprint density at radius 1 is 1.10 bits per heavy atom. The number of para-hydroxylation sites is 1. The molecule has 3 rings (SSSR count). The Bertz CT molecular complexity index is 429. The lowest BCUT2D eigenvalue weighted by atomic mass is 9.95. The molecule has 1 aromatic rings. The second-order valence-corrected chi connectivity index (χ2v) is 6.40. The van der Waals surface area contributed by atoms with Crippen LogP contribution in [-0.2, 0) is 6.42 Å². The highest BCUT2D eigenvalue weighted by Crippen LogP contribution is 2.40. The van der Waals surface area contributed by atoms with E-state index in [2.05, 4.69) is 48.3 Å². The SMILES string of the molecule is CCCc1ccccc1N1C2CCC1CC(NCC)C2. The summed E-state index contributed by atoms with van der Waals surface area (Å²) in [5.41, 5.74) is 3.07. The van der Waals surface area contributed by atoms with Crippen molar-refractivity contribution < 1.29 is 0 Å². The molecule has 0 amide bonds. The van der Waals surface area contributed by atoms with Crippen LogP contribution in [0, 0.1) is 0 Å². The minimum Gasteiger partial charge on any atom is -0.365 e. The summed E-state index contributed by atoms with van der Waals surface area (Å²) in [5, 5.41) is 3.67. The van der Waals surface area contributed by atoms with Crippen molar-refractivity contribution in [3.8, 4) is 0 Å². The first-order valence-corrected chi connectivity index (χ1v) is 8.43. The second-order valence-electron chi connectivity index (χ2n) is 6.40. The van der Waals surface area contributed by atoms with Crippen LogP contribution in [0.25, 0.3) is 0 Å². The van der Waals surface area contributed by atoms with Crippen LogP contribution in [0.2, 0.25) is 0 Å². The first kappa shape index (κ1) is 13.9. The second kappa shape index (κ2) is 6.17. The molecule has 0 aliphatic carbocycles. The minimum atomic E-state index is 0.743. The van der Waals surface area contributed by atoms with E-state index in [1.165, 1.54) is 44.2 Å². The van der Waals surface area contributed by atoms with Gasteiger partial charge in [-0.3, -0.25) is 0 Å². The predicted octanol–water partition coefficient (Wildman–Crippen LogP) is 3.75. The Hall–Kier alpha value is -1.02. The van der Waals surface area contributed by atoms with Crippen LogP contribution in [0.4, 0.5) is 5.69 Å². The molecular weight excluding hydrogens is 244 g/mol. The van der Waals surface area contributed by atoms with Crippen LogP contribution in [0.3, 0.4) is 0 Å². The summed E-state index contributed by atoms with van der Waals surface area (Å²) in [5.74, 6) is 0. The molecule has 1 N–H and O–H groups in total. The number of hydrogen-bond acceptors (Lipinski definition) is 2. The number of nitrogens with zero attached hydrogens (tertiary/aromatic N) is 1. The molecule has 0 saturated carbocycles. The molecule has 20 heavy (non-hydrogen) atoms. The summed E-state index contributed by atoms with van der Waals surface area (Å²) in [4.78, 5) is 2.76. The van der Waals surface area contributed by atoms with Crippen molar-refractivity contribution in [3.05, 3.63) is 29.8 Å². The maximum atomic E-state index is 3.67. The van der Waals surface area contributed by atoms with Crippen molar-refractivity contribution in [2.75, 3.05) is 11.4 Å². The van der Waals surface area contributed by atoms with Crippen LogP contribution in [-0.4, -0.2) is 24.7 Å². The van der Waals surface area contributed by atoms with E-state index >= 15 is 0 Å². The summed E-state index contributed by atoms with van der Waals surface area (Å²) in [6, 6.07) is 11.4. The molecule has 0 aromatic heterocycles. The van der Waals surface area contributed by atoms with Gasteiger partial charge >= 0.3 is 0 Å². The first-order chi connectivity index (χ1) is 9.83. The molecule has 2 atom stereocenters. The van der Waals surface area contributed by atoms with Crippen molar-refractivity contribution in [1.82, 2.24) is 5.32 Å². The number of hydrogen-bond donors (Lipinski definition) is 1. The van der Waals surface area contributed by atoms with Crippen LogP contribution in [0.5, 0.6) is 0 Å². The van der Waals surface area contributed by atoms with Gasteiger partial charge in [-0.05, 0) is 50.3 Å². The van der Waals surface area contributed by atoms with Crippen LogP contribution in [0.1, 0.15) is 51.5 Å². The molecule has 110 valence electrons. The average Bonchev–Trinajstić information content (AvgIpc) is 2.72. The molecular formula is C18H28N2. The molecule has 2 saturated heterocycles. The van der Waals surface area contributed by atoms with Gasteiger partial charge in [0.1, 0.15) is 0 Å². The summed E-state index contributed by atoms with van der Waals surface area (Å²) >= 11 is 0. The minimum absolute atomic E-state index is 0.743. The van der Waals surface area contributed by atoms with Gasteiger partial charge in [-0.25, -0.2) is 0 Å². The van der Waals surface area contributed by atoms with Gasteiger partial charge in [-0.15, -0.1) is 0 Å². The van der Waals surface area contributed by atoms with Gasteiger partial charge in [-0.2, -0.15) is 0 Å². The maximum Gasteiger partial charge on any atom is 0.0403 e. The van der Waals surface area contributed by atoms with E-state index in [1.54, 1.807) is 5.56 Å². The fourth-order valence-corrected chi connectivity index (χ4v) is 4.27. The molecule has 2 bridgehead atoms. The Morgan fingerprint density at radius 3 is 2.45 bits per heavy atom. The van der Waals surface area contributed by atoms with Gasteiger partial charge < -0.3 is 10.2 Å². The molecule has 2 heteroatoms. The Labute approximate surface area is 123 Å². The summed E-state index contributed by atoms with van der Waals surface area (Å²) in [6.07, 6.45) is 7.86. The van der Waals surface area contributed by atoms with Gasteiger partial charge in [0.25, 0.3) is 0 Å². The summed E-state index contributed by atoms with van der Waals surface area (Å²) < 4.78 is 0. The number of nitrogens with one attached hydrogen (secondary N) is 1. The molecule has 2 unspecified atom stereocenters. The third-order valence-electron chi connectivity index (χ3n) is 5.02. The van der Waals surface area contributed by atoms with Crippen LogP contribution < -0.4 is 10.2 Å². The van der Waals surface area contributed by atoms with Crippen LogP contribution in [0.15, 0.2) is 24.3 Å². The summed E-state index contributed by atoms with van der Waals surface area (Å²) in [7, 11) is 0. The Balaban J connectivity index is 1.82. The van der Waals surface area contributed by atoms with E-state index in [0.29, 0.717) is 0 Å². The van der Waals surface area contributed by atoms with Crippen LogP contribution >= 0.6 is 0 Å². The third kappa shape index (κ3) is 2.58. The van der Waals surface area contributed by atoms with Gasteiger partial charge in [0.05, 0.1) is 0 Å². The molecule has 2 aliphatic rings. The number of piperidine rings is 1. The number of aryl methyl sites for hydroxylation is 1. The third-order valence-corrected chi connectivity index (χ3v) is 5.02. The maximum absolute atomic E-state index is 3.67. The predicted molar refractivity (Wildman–Crippen MR) is 86.4 cm³/mol. The summed E-state index contributed by atoms with van der Waals surface area (Å²) in [6.45, 7) is 5.62. The molecule has 1 aromatic carbocycles. The van der Waals surface area contributed by atoms with Gasteiger partial charge in [0.2, 0.25) is 0 Å². The Kier molecular flexibility index (Phi) is 4.30. The molecule has 2 nitrogen and oxygen atoms in total. The zero-order chi connectivity index (χ0) is 13.9. The largest absolute Gasteiger partial charge is 0.365 e. The molecule has 2 heterocycles. The van der Waals surface area contributed by atoms with Gasteiger partial charge in [0.15, 0.2) is 0 Å². The van der Waals surface area contributed by atoms with E-state index in [1.807, 2.05) is 0 Å². The van der Waals surface area contributed by atoms with E-state index in [-0.39, 0.29) is 0 Å². The van der Waals surface area contributed by atoms with Crippen molar-refractivity contribution >= 4 is 5.69 Å². The highest BCUT2D eigenvalue weighted by atomic mass is 15.2. The van der Waals surface area contributed by atoms with Gasteiger partial charge in [0, 0.05) is 23.8 Å². The lowest BCUT2D eigenvalue weighted by Crippen LogP contribution is -2.49. The number of rotatable bonds is 5. The molecule has 0 spiro atoms. The zero-order valence-corrected chi connectivity index (χ0v) is 12.9. The first-order valence-electron chi connectivity index (χ1n) is 8.43. The lowest BCUT2D eigenvalue weighted by molar-refractivity contribution is 0.361. The number of fused-ring (bicyclic) bond motifs is 2. The normalized spacial score (nSPS) is 28.9. The van der Waals surface area contributed by atoms with E-state index in [0.717, 1.165) is 24.7 Å². The lowest BCUT2D eigenvalue weighted by Gasteiger charge is -2.41. The molecule has 0 radical (unpaired) electrons. The fraction of sp³-hybridized carbons (Fsp3) is 0.667.